The van der Waals surface area contributed by atoms with Crippen LogP contribution in [0.15, 0.2) is 83.8 Å². The van der Waals surface area contributed by atoms with E-state index >= 15 is 0 Å². The van der Waals surface area contributed by atoms with Gasteiger partial charge in [-0.2, -0.15) is 0 Å². The molecule has 0 spiro atoms. The molecule has 2 amide bonds. The van der Waals surface area contributed by atoms with Gasteiger partial charge < -0.3 is 15.0 Å². The maximum atomic E-state index is 14.0. The van der Waals surface area contributed by atoms with Crippen LogP contribution in [-0.2, 0) is 26.0 Å². The molecule has 3 rings (SSSR count). The Morgan fingerprint density at radius 1 is 0.925 bits per heavy atom. The molecule has 3 aromatic carbocycles. The Hall–Kier alpha value is -3.56. The maximum absolute atomic E-state index is 14.0. The average Bonchev–Trinajstić information content (AvgIpc) is 2.95. The SMILES string of the molecule is CCNC(=O)[C@@H](CC)N(CCc1ccccc1)C(=O)CN(c1ccc(OCC)cc1)S(=O)(=O)c1ccc(Cl)cc1. The molecule has 0 bridgehead atoms. The maximum Gasteiger partial charge on any atom is 0.264 e. The van der Waals surface area contributed by atoms with Gasteiger partial charge in [-0.3, -0.25) is 13.9 Å². The number of halogens is 1. The standard InChI is InChI=1S/C30H36ClN3O5S/c1-4-28(30(36)32-5-2)33(21-20-23-10-8-7-9-11-23)29(35)22-34(25-14-16-26(17-15-25)39-6-3)40(37,38)27-18-12-24(31)13-19-27/h7-19,28H,4-6,20-22H2,1-3H3,(H,32,36)/t28-/m1/s1. The van der Waals surface area contributed by atoms with Crippen molar-refractivity contribution in [3.63, 3.8) is 0 Å². The second-order valence-corrected chi connectivity index (χ2v) is 11.3. The first-order valence-electron chi connectivity index (χ1n) is 13.3. The Balaban J connectivity index is 2.00. The highest BCUT2D eigenvalue weighted by Crippen LogP contribution is 2.27. The third-order valence-electron chi connectivity index (χ3n) is 6.34. The number of rotatable bonds is 14. The fourth-order valence-corrected chi connectivity index (χ4v) is 5.87. The minimum absolute atomic E-state index is 0.00909. The summed E-state index contributed by atoms with van der Waals surface area (Å²) in [5.74, 6) is -0.187. The number of hydrogen-bond acceptors (Lipinski definition) is 5. The topological polar surface area (TPSA) is 96.0 Å². The van der Waals surface area contributed by atoms with E-state index < -0.39 is 28.5 Å². The van der Waals surface area contributed by atoms with Gasteiger partial charge in [0.15, 0.2) is 0 Å². The predicted octanol–water partition coefficient (Wildman–Crippen LogP) is 4.92. The number of hydrogen-bond donors (Lipinski definition) is 1. The van der Waals surface area contributed by atoms with Crippen LogP contribution in [0.3, 0.4) is 0 Å². The summed E-state index contributed by atoms with van der Waals surface area (Å²) >= 11 is 6.00. The number of carbonyl (C=O) groups is 2. The van der Waals surface area contributed by atoms with Crippen molar-refractivity contribution in [2.75, 3.05) is 30.5 Å². The number of carbonyl (C=O) groups excluding carboxylic acids is 2. The molecule has 3 aromatic rings. The van der Waals surface area contributed by atoms with Crippen LogP contribution in [-0.4, -0.2) is 57.4 Å². The molecule has 0 radical (unpaired) electrons. The Morgan fingerprint density at radius 2 is 1.57 bits per heavy atom. The lowest BCUT2D eigenvalue weighted by molar-refractivity contribution is -0.139. The van der Waals surface area contributed by atoms with Crippen molar-refractivity contribution in [3.8, 4) is 5.75 Å². The summed E-state index contributed by atoms with van der Waals surface area (Å²) in [6, 6.07) is 21.2. The second-order valence-electron chi connectivity index (χ2n) is 9.03. The van der Waals surface area contributed by atoms with Crippen LogP contribution < -0.4 is 14.4 Å². The van der Waals surface area contributed by atoms with Gasteiger partial charge in [0, 0.05) is 18.1 Å². The van der Waals surface area contributed by atoms with Crippen molar-refractivity contribution in [1.82, 2.24) is 10.2 Å². The highest BCUT2D eigenvalue weighted by Gasteiger charge is 2.33. The number of amides is 2. The molecular formula is C30H36ClN3O5S. The lowest BCUT2D eigenvalue weighted by Gasteiger charge is -2.33. The monoisotopic (exact) mass is 585 g/mol. The lowest BCUT2D eigenvalue weighted by atomic mass is 10.1. The average molecular weight is 586 g/mol. The van der Waals surface area contributed by atoms with Crippen molar-refractivity contribution in [3.05, 3.63) is 89.4 Å². The van der Waals surface area contributed by atoms with E-state index in [4.69, 9.17) is 16.3 Å². The molecule has 10 heteroatoms. The molecule has 0 aliphatic carbocycles. The number of likely N-dealkylation sites (N-methyl/N-ethyl adjacent to an activating group) is 1. The third-order valence-corrected chi connectivity index (χ3v) is 8.38. The van der Waals surface area contributed by atoms with Gasteiger partial charge >= 0.3 is 0 Å². The number of ether oxygens (including phenoxy) is 1. The second kappa shape index (κ2) is 14.7. The van der Waals surface area contributed by atoms with E-state index in [-0.39, 0.29) is 17.3 Å². The molecule has 0 saturated carbocycles. The predicted molar refractivity (Wildman–Crippen MR) is 158 cm³/mol. The van der Waals surface area contributed by atoms with Crippen molar-refractivity contribution < 1.29 is 22.7 Å². The Morgan fingerprint density at radius 3 is 2.15 bits per heavy atom. The lowest BCUT2D eigenvalue weighted by Crippen LogP contribution is -2.53. The fraction of sp³-hybridized carbons (Fsp3) is 0.333. The van der Waals surface area contributed by atoms with Crippen LogP contribution in [0.1, 0.15) is 32.8 Å². The van der Waals surface area contributed by atoms with Gasteiger partial charge in [0.25, 0.3) is 10.0 Å². The first kappa shape index (κ1) is 31.0. The quantitative estimate of drug-likeness (QED) is 0.290. The Labute approximate surface area is 241 Å². The molecule has 0 aromatic heterocycles. The number of benzene rings is 3. The molecule has 0 saturated heterocycles. The molecule has 0 aliphatic rings. The smallest absolute Gasteiger partial charge is 0.264 e. The van der Waals surface area contributed by atoms with Crippen molar-refractivity contribution in [2.24, 2.45) is 0 Å². The van der Waals surface area contributed by atoms with Gasteiger partial charge in [0.05, 0.1) is 17.2 Å². The minimum atomic E-state index is -4.17. The first-order valence-corrected chi connectivity index (χ1v) is 15.1. The highest BCUT2D eigenvalue weighted by atomic mass is 35.5. The highest BCUT2D eigenvalue weighted by molar-refractivity contribution is 7.92. The normalized spacial score (nSPS) is 11.9. The van der Waals surface area contributed by atoms with Crippen LogP contribution in [0.4, 0.5) is 5.69 Å². The molecule has 214 valence electrons. The summed E-state index contributed by atoms with van der Waals surface area (Å²) in [5, 5.41) is 3.19. The summed E-state index contributed by atoms with van der Waals surface area (Å²) in [4.78, 5) is 28.4. The van der Waals surface area contributed by atoms with E-state index in [1.165, 1.54) is 29.2 Å². The molecular weight excluding hydrogens is 550 g/mol. The van der Waals surface area contributed by atoms with Gasteiger partial charge in [0.2, 0.25) is 11.8 Å². The number of nitrogens with one attached hydrogen (secondary N) is 1. The zero-order valence-corrected chi connectivity index (χ0v) is 24.6. The van der Waals surface area contributed by atoms with Gasteiger partial charge in [-0.25, -0.2) is 8.42 Å². The van der Waals surface area contributed by atoms with E-state index in [0.717, 1.165) is 9.87 Å². The molecule has 8 nitrogen and oxygen atoms in total. The Kier molecular flexibility index (Phi) is 11.4. The van der Waals surface area contributed by atoms with E-state index in [2.05, 4.69) is 5.32 Å². The summed E-state index contributed by atoms with van der Waals surface area (Å²) in [7, 11) is -4.17. The van der Waals surface area contributed by atoms with Crippen molar-refractivity contribution in [1.29, 1.82) is 0 Å². The largest absolute Gasteiger partial charge is 0.494 e. The van der Waals surface area contributed by atoms with Gasteiger partial charge in [0.1, 0.15) is 18.3 Å². The molecule has 1 N–H and O–H groups in total. The molecule has 0 aliphatic heterocycles. The summed E-state index contributed by atoms with van der Waals surface area (Å²) in [5.41, 5.74) is 1.30. The molecule has 0 heterocycles. The van der Waals surface area contributed by atoms with Crippen LogP contribution in [0.5, 0.6) is 5.75 Å². The Bertz CT molecular complexity index is 1350. The zero-order chi connectivity index (χ0) is 29.1. The van der Waals surface area contributed by atoms with Crippen LogP contribution in [0.2, 0.25) is 5.02 Å². The first-order chi connectivity index (χ1) is 19.2. The van der Waals surface area contributed by atoms with E-state index in [1.807, 2.05) is 51.1 Å². The van der Waals surface area contributed by atoms with Crippen LogP contribution >= 0.6 is 11.6 Å². The number of sulfonamides is 1. The van der Waals surface area contributed by atoms with Crippen molar-refractivity contribution in [2.45, 2.75) is 44.6 Å². The minimum Gasteiger partial charge on any atom is -0.494 e. The van der Waals surface area contributed by atoms with Crippen LogP contribution in [0.25, 0.3) is 0 Å². The third kappa shape index (κ3) is 7.99. The fourth-order valence-electron chi connectivity index (χ4n) is 4.33. The van der Waals surface area contributed by atoms with Crippen LogP contribution in [0, 0.1) is 0 Å². The van der Waals surface area contributed by atoms with E-state index in [0.29, 0.717) is 42.5 Å². The summed E-state index contributed by atoms with van der Waals surface area (Å²) in [6.45, 7) is 6.12. The van der Waals surface area contributed by atoms with Crippen molar-refractivity contribution >= 4 is 39.1 Å². The van der Waals surface area contributed by atoms with E-state index in [9.17, 15) is 18.0 Å². The molecule has 1 atom stereocenters. The zero-order valence-electron chi connectivity index (χ0n) is 23.0. The summed E-state index contributed by atoms with van der Waals surface area (Å²) in [6.07, 6.45) is 0.884. The number of anilines is 1. The van der Waals surface area contributed by atoms with E-state index in [1.54, 1.807) is 24.3 Å². The molecule has 0 fully saturated rings. The molecule has 40 heavy (non-hydrogen) atoms. The molecule has 0 unspecified atom stereocenters. The van der Waals surface area contributed by atoms with Gasteiger partial charge in [-0.05, 0) is 80.8 Å². The van der Waals surface area contributed by atoms with Gasteiger partial charge in [-0.15, -0.1) is 0 Å². The number of nitrogens with zero attached hydrogens (tertiary/aromatic N) is 2. The summed E-state index contributed by atoms with van der Waals surface area (Å²) < 4.78 is 34.3. The van der Waals surface area contributed by atoms with Gasteiger partial charge in [-0.1, -0.05) is 48.9 Å².